The largest absolute Gasteiger partial charge is 0.481 e. The van der Waals surface area contributed by atoms with Crippen molar-refractivity contribution in [3.05, 3.63) is 41.5 Å². The van der Waals surface area contributed by atoms with Gasteiger partial charge in [-0.2, -0.15) is 0 Å². The summed E-state index contributed by atoms with van der Waals surface area (Å²) in [5, 5.41) is 9.31. The van der Waals surface area contributed by atoms with Crippen molar-refractivity contribution in [2.45, 2.75) is 65.7 Å². The summed E-state index contributed by atoms with van der Waals surface area (Å²) in [4.78, 5) is 23.4. The molecule has 0 radical (unpaired) electrons. The van der Waals surface area contributed by atoms with Gasteiger partial charge in [0.15, 0.2) is 0 Å². The predicted molar refractivity (Wildman–Crippen MR) is 99.8 cm³/mol. The predicted octanol–water partition coefficient (Wildman–Crippen LogP) is 5.22. The molecule has 0 saturated carbocycles. The van der Waals surface area contributed by atoms with Gasteiger partial charge in [-0.15, -0.1) is 0 Å². The van der Waals surface area contributed by atoms with Gasteiger partial charge in [0.25, 0.3) is 0 Å². The van der Waals surface area contributed by atoms with Crippen molar-refractivity contribution >= 4 is 11.9 Å². The maximum absolute atomic E-state index is 12.1. The van der Waals surface area contributed by atoms with Crippen LogP contribution in [0.3, 0.4) is 0 Å². The Morgan fingerprint density at radius 1 is 1.16 bits per heavy atom. The number of carbonyl (C=O) groups is 2. The first kappa shape index (κ1) is 20.9. The van der Waals surface area contributed by atoms with E-state index in [2.05, 4.69) is 6.92 Å². The van der Waals surface area contributed by atoms with Crippen LogP contribution in [-0.2, 0) is 9.59 Å². The van der Waals surface area contributed by atoms with Crippen LogP contribution >= 0.6 is 0 Å². The third-order valence-corrected chi connectivity index (χ3v) is 4.13. The number of ether oxygens (including phenoxy) is 1. The second-order valence-corrected chi connectivity index (χ2v) is 6.54. The van der Waals surface area contributed by atoms with Gasteiger partial charge < -0.3 is 9.84 Å². The summed E-state index contributed by atoms with van der Waals surface area (Å²) in [5.74, 6) is -1.72. The number of hydrogen-bond acceptors (Lipinski definition) is 3. The zero-order valence-corrected chi connectivity index (χ0v) is 15.6. The van der Waals surface area contributed by atoms with Gasteiger partial charge in [-0.25, -0.2) is 0 Å². The molecule has 1 N–H and O–H groups in total. The highest BCUT2D eigenvalue weighted by Gasteiger charge is 2.21. The van der Waals surface area contributed by atoms with E-state index in [1.54, 1.807) is 6.07 Å². The van der Waals surface area contributed by atoms with Crippen molar-refractivity contribution in [2.75, 3.05) is 0 Å². The minimum absolute atomic E-state index is 0.122. The molecule has 4 heteroatoms. The molecule has 1 unspecified atom stereocenters. The number of rotatable bonds is 11. The van der Waals surface area contributed by atoms with Crippen molar-refractivity contribution < 1.29 is 19.4 Å². The Balaban J connectivity index is 2.47. The molecule has 0 heterocycles. The fourth-order valence-electron chi connectivity index (χ4n) is 2.62. The first-order chi connectivity index (χ1) is 11.9. The number of carboxylic acid groups (broad SMARTS) is 1. The first-order valence-corrected chi connectivity index (χ1v) is 9.09. The standard InChI is InChI=1S/C21H30O4/c1-4-5-6-7-8-9-10-11-18(21(23)24)15-20(22)25-19-13-12-16(2)14-17(19)3/h9-10,12-14,18H,4-8,11,15H2,1-3H3,(H,23,24)/b10-9+. The summed E-state index contributed by atoms with van der Waals surface area (Å²) in [5.41, 5.74) is 1.96. The molecule has 0 aliphatic carbocycles. The van der Waals surface area contributed by atoms with E-state index in [-0.39, 0.29) is 6.42 Å². The van der Waals surface area contributed by atoms with Gasteiger partial charge in [0.1, 0.15) is 5.75 Å². The zero-order valence-electron chi connectivity index (χ0n) is 15.6. The Kier molecular flexibility index (Phi) is 9.60. The van der Waals surface area contributed by atoms with Crippen molar-refractivity contribution in [3.63, 3.8) is 0 Å². The third kappa shape index (κ3) is 8.52. The number of aryl methyl sites for hydroxylation is 2. The van der Waals surface area contributed by atoms with E-state index in [0.29, 0.717) is 12.2 Å². The lowest BCUT2D eigenvalue weighted by atomic mass is 10.0. The number of aliphatic carboxylic acids is 1. The lowest BCUT2D eigenvalue weighted by Gasteiger charge is -2.11. The van der Waals surface area contributed by atoms with Gasteiger partial charge in [-0.05, 0) is 44.7 Å². The van der Waals surface area contributed by atoms with Crippen molar-refractivity contribution in [1.82, 2.24) is 0 Å². The number of carboxylic acids is 1. The molecular formula is C21H30O4. The first-order valence-electron chi connectivity index (χ1n) is 9.09. The number of hydrogen-bond donors (Lipinski definition) is 1. The summed E-state index contributed by atoms with van der Waals surface area (Å²) in [6, 6.07) is 5.54. The number of allylic oxidation sites excluding steroid dienone is 2. The highest BCUT2D eigenvalue weighted by Crippen LogP contribution is 2.20. The number of carbonyl (C=O) groups excluding carboxylic acids is 1. The summed E-state index contributed by atoms with van der Waals surface area (Å²) in [7, 11) is 0. The van der Waals surface area contributed by atoms with Crippen LogP contribution in [0.2, 0.25) is 0 Å². The summed E-state index contributed by atoms with van der Waals surface area (Å²) >= 11 is 0. The molecule has 0 aliphatic heterocycles. The minimum atomic E-state index is -0.965. The van der Waals surface area contributed by atoms with Crippen LogP contribution in [0.15, 0.2) is 30.4 Å². The second kappa shape index (κ2) is 11.5. The molecule has 0 spiro atoms. The molecule has 138 valence electrons. The van der Waals surface area contributed by atoms with Gasteiger partial charge in [0.05, 0.1) is 12.3 Å². The van der Waals surface area contributed by atoms with Crippen molar-refractivity contribution in [2.24, 2.45) is 5.92 Å². The summed E-state index contributed by atoms with van der Waals surface area (Å²) in [6.45, 7) is 6.00. The van der Waals surface area contributed by atoms with Gasteiger partial charge in [-0.3, -0.25) is 9.59 Å². The molecule has 0 amide bonds. The SMILES string of the molecule is CCCCCC/C=C/CC(CC(=O)Oc1ccc(C)cc1C)C(=O)O. The molecule has 1 rings (SSSR count). The maximum atomic E-state index is 12.1. The quantitative estimate of drug-likeness (QED) is 0.258. The van der Waals surface area contributed by atoms with Crippen LogP contribution in [0.25, 0.3) is 0 Å². The number of esters is 1. The minimum Gasteiger partial charge on any atom is -0.481 e. The van der Waals surface area contributed by atoms with Crippen LogP contribution < -0.4 is 4.74 Å². The Morgan fingerprint density at radius 3 is 2.56 bits per heavy atom. The fourth-order valence-corrected chi connectivity index (χ4v) is 2.62. The Bertz CT molecular complexity index is 590. The molecule has 0 aromatic heterocycles. The van der Waals surface area contributed by atoms with E-state index in [4.69, 9.17) is 4.74 Å². The van der Waals surface area contributed by atoms with Crippen molar-refractivity contribution in [1.29, 1.82) is 0 Å². The highest BCUT2D eigenvalue weighted by atomic mass is 16.5. The van der Waals surface area contributed by atoms with E-state index >= 15 is 0 Å². The average molecular weight is 346 g/mol. The van der Waals surface area contributed by atoms with E-state index < -0.39 is 17.9 Å². The average Bonchev–Trinajstić information content (AvgIpc) is 2.55. The maximum Gasteiger partial charge on any atom is 0.312 e. The molecule has 1 aromatic rings. The Morgan fingerprint density at radius 2 is 1.92 bits per heavy atom. The highest BCUT2D eigenvalue weighted by molar-refractivity contribution is 5.80. The molecule has 1 atom stereocenters. The van der Waals surface area contributed by atoms with Crippen LogP contribution in [0.4, 0.5) is 0 Å². The zero-order chi connectivity index (χ0) is 18.7. The monoisotopic (exact) mass is 346 g/mol. The van der Waals surface area contributed by atoms with E-state index in [9.17, 15) is 14.7 Å². The molecule has 0 saturated heterocycles. The third-order valence-electron chi connectivity index (χ3n) is 4.13. The normalized spacial score (nSPS) is 12.3. The van der Waals surface area contributed by atoms with Gasteiger partial charge in [0, 0.05) is 0 Å². The Hall–Kier alpha value is -2.10. The second-order valence-electron chi connectivity index (χ2n) is 6.54. The Labute approximate surface area is 150 Å². The fraction of sp³-hybridized carbons (Fsp3) is 0.524. The molecular weight excluding hydrogens is 316 g/mol. The molecule has 0 fully saturated rings. The number of unbranched alkanes of at least 4 members (excludes halogenated alkanes) is 4. The molecule has 0 bridgehead atoms. The van der Waals surface area contributed by atoms with Gasteiger partial charge in [0.2, 0.25) is 0 Å². The van der Waals surface area contributed by atoms with E-state index in [0.717, 1.165) is 24.0 Å². The van der Waals surface area contributed by atoms with Gasteiger partial charge in [-0.1, -0.05) is 56.0 Å². The topological polar surface area (TPSA) is 63.6 Å². The van der Waals surface area contributed by atoms with Crippen LogP contribution in [0.5, 0.6) is 5.75 Å². The lowest BCUT2D eigenvalue weighted by molar-refractivity contribution is -0.147. The van der Waals surface area contributed by atoms with Gasteiger partial charge >= 0.3 is 11.9 Å². The summed E-state index contributed by atoms with van der Waals surface area (Å²) in [6.07, 6.45) is 9.83. The molecule has 1 aromatic carbocycles. The molecule has 4 nitrogen and oxygen atoms in total. The van der Waals surface area contributed by atoms with Crippen LogP contribution in [0.1, 0.15) is 63.0 Å². The summed E-state index contributed by atoms with van der Waals surface area (Å²) < 4.78 is 5.33. The van der Waals surface area contributed by atoms with E-state index in [1.807, 2.05) is 38.1 Å². The van der Waals surface area contributed by atoms with E-state index in [1.165, 1.54) is 19.3 Å². The smallest absolute Gasteiger partial charge is 0.312 e. The lowest BCUT2D eigenvalue weighted by Crippen LogP contribution is -2.20. The van der Waals surface area contributed by atoms with Crippen LogP contribution in [0, 0.1) is 19.8 Å². The number of benzene rings is 1. The molecule has 0 aliphatic rings. The molecule has 25 heavy (non-hydrogen) atoms. The van der Waals surface area contributed by atoms with Crippen LogP contribution in [-0.4, -0.2) is 17.0 Å². The van der Waals surface area contributed by atoms with Crippen molar-refractivity contribution in [3.8, 4) is 5.75 Å².